The average Bonchev–Trinajstić information content (AvgIpc) is 2.84. The van der Waals surface area contributed by atoms with Gasteiger partial charge < -0.3 is 4.74 Å². The lowest BCUT2D eigenvalue weighted by molar-refractivity contribution is 0.0157. The Balaban J connectivity index is 2.03. The van der Waals surface area contributed by atoms with Gasteiger partial charge in [0.25, 0.3) is 0 Å². The van der Waals surface area contributed by atoms with E-state index in [4.69, 9.17) is 4.74 Å². The van der Waals surface area contributed by atoms with Gasteiger partial charge in [-0.3, -0.25) is 0 Å². The van der Waals surface area contributed by atoms with Crippen molar-refractivity contribution in [1.29, 1.82) is 0 Å². The molecule has 1 aromatic rings. The summed E-state index contributed by atoms with van der Waals surface area (Å²) < 4.78 is 7.34. The van der Waals surface area contributed by atoms with Crippen LogP contribution in [0.5, 0.6) is 0 Å². The molecule has 0 radical (unpaired) electrons. The second-order valence-electron chi connectivity index (χ2n) is 3.55. The van der Waals surface area contributed by atoms with Crippen molar-refractivity contribution in [1.82, 2.24) is 9.78 Å². The van der Waals surface area contributed by atoms with E-state index in [0.717, 1.165) is 12.5 Å². The van der Waals surface area contributed by atoms with Gasteiger partial charge in [-0.05, 0) is 32.8 Å². The Morgan fingerprint density at radius 1 is 1.69 bits per heavy atom. The van der Waals surface area contributed by atoms with Gasteiger partial charge in [-0.25, -0.2) is 4.68 Å². The van der Waals surface area contributed by atoms with Crippen LogP contribution in [-0.2, 0) is 4.74 Å². The molecule has 0 N–H and O–H groups in total. The van der Waals surface area contributed by atoms with Gasteiger partial charge >= 0.3 is 0 Å². The Morgan fingerprint density at radius 3 is 3.08 bits per heavy atom. The van der Waals surface area contributed by atoms with Gasteiger partial charge in [0.1, 0.15) is 6.23 Å². The SMILES string of the molecule is CCOC(C)n1ccc(C2CC2)n1. The first kappa shape index (κ1) is 8.75. The lowest BCUT2D eigenvalue weighted by atomic mass is 10.3. The summed E-state index contributed by atoms with van der Waals surface area (Å²) in [5.74, 6) is 0.732. The maximum Gasteiger partial charge on any atom is 0.147 e. The average molecular weight is 180 g/mol. The molecule has 0 amide bonds. The van der Waals surface area contributed by atoms with E-state index in [9.17, 15) is 0 Å². The highest BCUT2D eigenvalue weighted by molar-refractivity contribution is 5.12. The molecule has 1 aromatic heterocycles. The van der Waals surface area contributed by atoms with Crippen LogP contribution in [0, 0.1) is 0 Å². The quantitative estimate of drug-likeness (QED) is 0.711. The van der Waals surface area contributed by atoms with Gasteiger partial charge in [0, 0.05) is 18.7 Å². The van der Waals surface area contributed by atoms with Gasteiger partial charge in [-0.1, -0.05) is 0 Å². The number of nitrogens with zero attached hydrogens (tertiary/aromatic N) is 2. The van der Waals surface area contributed by atoms with Gasteiger partial charge in [0.15, 0.2) is 0 Å². The second-order valence-corrected chi connectivity index (χ2v) is 3.55. The van der Waals surface area contributed by atoms with Gasteiger partial charge in [0.2, 0.25) is 0 Å². The Morgan fingerprint density at radius 2 is 2.46 bits per heavy atom. The van der Waals surface area contributed by atoms with Crippen LogP contribution < -0.4 is 0 Å². The van der Waals surface area contributed by atoms with Crippen LogP contribution >= 0.6 is 0 Å². The van der Waals surface area contributed by atoms with Crippen molar-refractivity contribution in [2.75, 3.05) is 6.61 Å². The summed E-state index contributed by atoms with van der Waals surface area (Å²) in [4.78, 5) is 0. The Labute approximate surface area is 78.7 Å². The highest BCUT2D eigenvalue weighted by Gasteiger charge is 2.26. The molecule has 1 fully saturated rings. The van der Waals surface area contributed by atoms with Crippen molar-refractivity contribution >= 4 is 0 Å². The molecule has 0 saturated heterocycles. The van der Waals surface area contributed by atoms with Crippen LogP contribution in [0.15, 0.2) is 12.3 Å². The van der Waals surface area contributed by atoms with E-state index in [1.54, 1.807) is 0 Å². The van der Waals surface area contributed by atoms with E-state index in [2.05, 4.69) is 11.2 Å². The molecular weight excluding hydrogens is 164 g/mol. The van der Waals surface area contributed by atoms with Crippen LogP contribution in [0.3, 0.4) is 0 Å². The molecule has 2 rings (SSSR count). The molecule has 72 valence electrons. The first-order valence-corrected chi connectivity index (χ1v) is 4.98. The highest BCUT2D eigenvalue weighted by atomic mass is 16.5. The van der Waals surface area contributed by atoms with E-state index < -0.39 is 0 Å². The molecule has 0 aliphatic heterocycles. The van der Waals surface area contributed by atoms with Crippen LogP contribution in [0.1, 0.15) is 44.5 Å². The molecule has 1 aliphatic carbocycles. The molecule has 0 spiro atoms. The fourth-order valence-corrected chi connectivity index (χ4v) is 1.47. The largest absolute Gasteiger partial charge is 0.357 e. The summed E-state index contributed by atoms with van der Waals surface area (Å²) in [6.07, 6.45) is 4.69. The summed E-state index contributed by atoms with van der Waals surface area (Å²) >= 11 is 0. The number of ether oxygens (including phenoxy) is 1. The van der Waals surface area contributed by atoms with E-state index >= 15 is 0 Å². The molecule has 1 saturated carbocycles. The van der Waals surface area contributed by atoms with Crippen LogP contribution in [0.2, 0.25) is 0 Å². The maximum absolute atomic E-state index is 5.44. The highest BCUT2D eigenvalue weighted by Crippen LogP contribution is 2.38. The predicted molar refractivity (Wildman–Crippen MR) is 50.5 cm³/mol. The Kier molecular flexibility index (Phi) is 2.36. The summed E-state index contributed by atoms with van der Waals surface area (Å²) in [6.45, 7) is 4.76. The molecule has 13 heavy (non-hydrogen) atoms. The molecule has 0 aromatic carbocycles. The fourth-order valence-electron chi connectivity index (χ4n) is 1.47. The molecule has 1 heterocycles. The van der Waals surface area contributed by atoms with Crippen molar-refractivity contribution in [2.45, 2.75) is 38.8 Å². The van der Waals surface area contributed by atoms with E-state index in [0.29, 0.717) is 0 Å². The van der Waals surface area contributed by atoms with Crippen molar-refractivity contribution in [2.24, 2.45) is 0 Å². The third kappa shape index (κ3) is 1.91. The van der Waals surface area contributed by atoms with Crippen LogP contribution in [0.25, 0.3) is 0 Å². The first-order chi connectivity index (χ1) is 6.31. The molecule has 3 nitrogen and oxygen atoms in total. The molecular formula is C10H16N2O. The first-order valence-electron chi connectivity index (χ1n) is 4.98. The van der Waals surface area contributed by atoms with E-state index in [1.807, 2.05) is 24.7 Å². The number of hydrogen-bond donors (Lipinski definition) is 0. The summed E-state index contributed by atoms with van der Waals surface area (Å²) in [6, 6.07) is 2.10. The zero-order valence-corrected chi connectivity index (χ0v) is 8.23. The molecule has 1 unspecified atom stereocenters. The molecule has 1 aliphatic rings. The normalized spacial score (nSPS) is 18.9. The monoisotopic (exact) mass is 180 g/mol. The van der Waals surface area contributed by atoms with Crippen molar-refractivity contribution in [3.05, 3.63) is 18.0 Å². The van der Waals surface area contributed by atoms with Crippen molar-refractivity contribution in [3.63, 3.8) is 0 Å². The predicted octanol–water partition coefficient (Wildman–Crippen LogP) is 2.32. The zero-order valence-electron chi connectivity index (χ0n) is 8.23. The molecule has 3 heteroatoms. The van der Waals surface area contributed by atoms with Gasteiger partial charge in [-0.2, -0.15) is 5.10 Å². The number of rotatable bonds is 4. The van der Waals surface area contributed by atoms with Crippen molar-refractivity contribution in [3.8, 4) is 0 Å². The topological polar surface area (TPSA) is 27.1 Å². The van der Waals surface area contributed by atoms with E-state index in [1.165, 1.54) is 18.5 Å². The number of aromatic nitrogens is 2. The third-order valence-corrected chi connectivity index (χ3v) is 2.41. The summed E-state index contributed by atoms with van der Waals surface area (Å²) in [5.41, 5.74) is 1.23. The lowest BCUT2D eigenvalue weighted by Gasteiger charge is -2.11. The van der Waals surface area contributed by atoms with Gasteiger partial charge in [0.05, 0.1) is 5.69 Å². The molecule has 0 bridgehead atoms. The Hall–Kier alpha value is -0.830. The molecule has 1 atom stereocenters. The maximum atomic E-state index is 5.44. The fraction of sp³-hybridized carbons (Fsp3) is 0.700. The lowest BCUT2D eigenvalue weighted by Crippen LogP contribution is -2.09. The van der Waals surface area contributed by atoms with E-state index in [-0.39, 0.29) is 6.23 Å². The minimum atomic E-state index is 0.0671. The Bertz CT molecular complexity index is 278. The summed E-state index contributed by atoms with van der Waals surface area (Å²) in [5, 5.41) is 4.48. The number of hydrogen-bond acceptors (Lipinski definition) is 2. The smallest absolute Gasteiger partial charge is 0.147 e. The van der Waals surface area contributed by atoms with Crippen LogP contribution in [-0.4, -0.2) is 16.4 Å². The zero-order chi connectivity index (χ0) is 9.26. The minimum absolute atomic E-state index is 0.0671. The third-order valence-electron chi connectivity index (χ3n) is 2.41. The second kappa shape index (κ2) is 3.50. The minimum Gasteiger partial charge on any atom is -0.357 e. The summed E-state index contributed by atoms with van der Waals surface area (Å²) in [7, 11) is 0. The van der Waals surface area contributed by atoms with Crippen molar-refractivity contribution < 1.29 is 4.74 Å². The standard InChI is InChI=1S/C10H16N2O/c1-3-13-8(2)12-7-6-10(11-12)9-4-5-9/h6-9H,3-5H2,1-2H3. The van der Waals surface area contributed by atoms with Crippen LogP contribution in [0.4, 0.5) is 0 Å². The van der Waals surface area contributed by atoms with Gasteiger partial charge in [-0.15, -0.1) is 0 Å².